The molecule has 3 nitrogen and oxygen atoms in total. The first kappa shape index (κ1) is 14.0. The number of nitriles is 1. The molecule has 0 saturated heterocycles. The van der Waals surface area contributed by atoms with E-state index in [-0.39, 0.29) is 5.56 Å². The number of ether oxygens (including phenoxy) is 1. The molecule has 0 saturated carbocycles. The van der Waals surface area contributed by atoms with Crippen LogP contribution in [0.3, 0.4) is 0 Å². The van der Waals surface area contributed by atoms with E-state index in [9.17, 15) is 4.39 Å². The Morgan fingerprint density at radius 3 is 2.75 bits per heavy atom. The van der Waals surface area contributed by atoms with E-state index < -0.39 is 5.82 Å². The van der Waals surface area contributed by atoms with Crippen molar-refractivity contribution in [2.24, 2.45) is 0 Å². The first-order valence-electron chi connectivity index (χ1n) is 6.28. The second-order valence-electron chi connectivity index (χ2n) is 4.33. The molecule has 0 radical (unpaired) electrons. The molecular weight excluding hydrogens is 255 g/mol. The number of para-hydroxylation sites is 1. The van der Waals surface area contributed by atoms with E-state index >= 15 is 0 Å². The Kier molecular flexibility index (Phi) is 4.70. The van der Waals surface area contributed by atoms with Crippen molar-refractivity contribution in [3.63, 3.8) is 0 Å². The quantitative estimate of drug-likeness (QED) is 0.902. The number of nitrogens with zero attached hydrogens (tertiary/aromatic N) is 1. The topological polar surface area (TPSA) is 45.0 Å². The number of benzene rings is 2. The maximum Gasteiger partial charge on any atom is 0.124 e. The lowest BCUT2D eigenvalue weighted by Gasteiger charge is -2.13. The molecular formula is C16H15FN2O. The predicted molar refractivity (Wildman–Crippen MR) is 76.4 cm³/mol. The number of methoxy groups -OCH3 is 1. The summed E-state index contributed by atoms with van der Waals surface area (Å²) in [5, 5.41) is 12.2. The zero-order valence-corrected chi connectivity index (χ0v) is 11.2. The summed E-state index contributed by atoms with van der Waals surface area (Å²) < 4.78 is 18.2. The van der Waals surface area contributed by atoms with Crippen LogP contribution in [0.1, 0.15) is 11.1 Å². The van der Waals surface area contributed by atoms with Gasteiger partial charge in [0, 0.05) is 12.8 Å². The molecule has 2 aromatic carbocycles. The second-order valence-corrected chi connectivity index (χ2v) is 4.33. The molecule has 0 aliphatic heterocycles. The van der Waals surface area contributed by atoms with Crippen LogP contribution in [-0.2, 0) is 11.2 Å². The Labute approximate surface area is 117 Å². The van der Waals surface area contributed by atoms with Crippen molar-refractivity contribution >= 4 is 11.4 Å². The van der Waals surface area contributed by atoms with Crippen molar-refractivity contribution in [3.05, 3.63) is 59.4 Å². The van der Waals surface area contributed by atoms with Gasteiger partial charge in [-0.1, -0.05) is 18.2 Å². The molecule has 2 rings (SSSR count). The Bertz CT molecular complexity index is 635. The van der Waals surface area contributed by atoms with Crippen LogP contribution in [0.25, 0.3) is 0 Å². The largest absolute Gasteiger partial charge is 0.384 e. The van der Waals surface area contributed by atoms with Gasteiger partial charge in [0.1, 0.15) is 11.9 Å². The summed E-state index contributed by atoms with van der Waals surface area (Å²) in [5.41, 5.74) is 2.86. The van der Waals surface area contributed by atoms with Crippen LogP contribution >= 0.6 is 0 Å². The molecule has 0 aliphatic carbocycles. The monoisotopic (exact) mass is 270 g/mol. The fourth-order valence-electron chi connectivity index (χ4n) is 1.94. The molecule has 1 N–H and O–H groups in total. The van der Waals surface area contributed by atoms with Gasteiger partial charge in [0.15, 0.2) is 0 Å². The highest BCUT2D eigenvalue weighted by atomic mass is 19.1. The molecule has 0 amide bonds. The van der Waals surface area contributed by atoms with Gasteiger partial charge in [-0.15, -0.1) is 0 Å². The highest BCUT2D eigenvalue weighted by Crippen LogP contribution is 2.24. The van der Waals surface area contributed by atoms with Crippen molar-refractivity contribution in [3.8, 4) is 6.07 Å². The molecule has 0 spiro atoms. The normalized spacial score (nSPS) is 10.1. The smallest absolute Gasteiger partial charge is 0.124 e. The first-order chi connectivity index (χ1) is 9.74. The van der Waals surface area contributed by atoms with Crippen molar-refractivity contribution in [1.29, 1.82) is 5.26 Å². The molecule has 0 unspecified atom stereocenters. The minimum absolute atomic E-state index is 0.284. The summed E-state index contributed by atoms with van der Waals surface area (Å²) >= 11 is 0. The highest BCUT2D eigenvalue weighted by Gasteiger charge is 2.07. The summed E-state index contributed by atoms with van der Waals surface area (Å²) in [6.45, 7) is 0.618. The van der Waals surface area contributed by atoms with Crippen LogP contribution in [0.15, 0.2) is 42.5 Å². The molecule has 0 bridgehead atoms. The van der Waals surface area contributed by atoms with Crippen LogP contribution in [0.5, 0.6) is 0 Å². The highest BCUT2D eigenvalue weighted by molar-refractivity contribution is 5.68. The van der Waals surface area contributed by atoms with Gasteiger partial charge in [-0.25, -0.2) is 4.39 Å². The van der Waals surface area contributed by atoms with Crippen molar-refractivity contribution in [2.45, 2.75) is 6.42 Å². The van der Waals surface area contributed by atoms with E-state index in [1.165, 1.54) is 12.1 Å². The number of rotatable bonds is 5. The van der Waals surface area contributed by atoms with Gasteiger partial charge in [-0.05, 0) is 36.2 Å². The van der Waals surface area contributed by atoms with Crippen LogP contribution < -0.4 is 5.32 Å². The lowest BCUT2D eigenvalue weighted by Crippen LogP contribution is -2.01. The maximum atomic E-state index is 13.1. The molecule has 0 aromatic heterocycles. The molecule has 0 atom stereocenters. The van der Waals surface area contributed by atoms with Gasteiger partial charge in [0.25, 0.3) is 0 Å². The second kappa shape index (κ2) is 6.69. The summed E-state index contributed by atoms with van der Waals surface area (Å²) in [5.74, 6) is -0.417. The molecule has 0 heterocycles. The average molecular weight is 270 g/mol. The number of anilines is 2. The van der Waals surface area contributed by atoms with Gasteiger partial charge in [0.05, 0.1) is 17.9 Å². The van der Waals surface area contributed by atoms with Crippen LogP contribution in [-0.4, -0.2) is 13.7 Å². The third-order valence-electron chi connectivity index (χ3n) is 2.96. The minimum atomic E-state index is -0.417. The van der Waals surface area contributed by atoms with E-state index in [4.69, 9.17) is 10.00 Å². The summed E-state index contributed by atoms with van der Waals surface area (Å²) in [6, 6.07) is 13.9. The summed E-state index contributed by atoms with van der Waals surface area (Å²) in [7, 11) is 1.66. The maximum absolute atomic E-state index is 13.1. The van der Waals surface area contributed by atoms with Gasteiger partial charge in [-0.3, -0.25) is 0 Å². The molecule has 20 heavy (non-hydrogen) atoms. The molecule has 4 heteroatoms. The van der Waals surface area contributed by atoms with Gasteiger partial charge in [0.2, 0.25) is 0 Å². The van der Waals surface area contributed by atoms with Crippen molar-refractivity contribution in [1.82, 2.24) is 0 Å². The van der Waals surface area contributed by atoms with E-state index in [1.54, 1.807) is 13.2 Å². The van der Waals surface area contributed by atoms with Gasteiger partial charge < -0.3 is 10.1 Å². The first-order valence-corrected chi connectivity index (χ1v) is 6.28. The zero-order valence-electron chi connectivity index (χ0n) is 11.2. The summed E-state index contributed by atoms with van der Waals surface area (Å²) in [6.07, 6.45) is 0.767. The van der Waals surface area contributed by atoms with Crippen molar-refractivity contribution < 1.29 is 9.13 Å². The van der Waals surface area contributed by atoms with Gasteiger partial charge in [-0.2, -0.15) is 5.26 Å². The lowest BCUT2D eigenvalue weighted by molar-refractivity contribution is 0.202. The fraction of sp³-hybridized carbons (Fsp3) is 0.188. The Balaban J connectivity index is 2.28. The van der Waals surface area contributed by atoms with E-state index in [1.807, 2.05) is 30.3 Å². The van der Waals surface area contributed by atoms with E-state index in [0.29, 0.717) is 12.3 Å². The lowest BCUT2D eigenvalue weighted by atomic mass is 10.1. The molecule has 2 aromatic rings. The van der Waals surface area contributed by atoms with Crippen LogP contribution in [0.2, 0.25) is 0 Å². The van der Waals surface area contributed by atoms with Gasteiger partial charge >= 0.3 is 0 Å². The van der Waals surface area contributed by atoms with Crippen LogP contribution in [0, 0.1) is 17.1 Å². The van der Waals surface area contributed by atoms with Crippen molar-refractivity contribution in [2.75, 3.05) is 19.0 Å². The Hall–Kier alpha value is -2.38. The average Bonchev–Trinajstić information content (AvgIpc) is 2.48. The Morgan fingerprint density at radius 2 is 2.00 bits per heavy atom. The van der Waals surface area contributed by atoms with E-state index in [0.717, 1.165) is 17.7 Å². The molecule has 0 fully saturated rings. The fourth-order valence-corrected chi connectivity index (χ4v) is 1.94. The number of nitrogens with one attached hydrogen (secondary N) is 1. The number of halogens is 1. The number of hydrogen-bond donors (Lipinski definition) is 1. The number of hydrogen-bond acceptors (Lipinski definition) is 3. The third kappa shape index (κ3) is 3.34. The Morgan fingerprint density at radius 1 is 1.20 bits per heavy atom. The molecule has 102 valence electrons. The van der Waals surface area contributed by atoms with E-state index in [2.05, 4.69) is 5.32 Å². The standard InChI is InChI=1S/C16H15FN2O/c1-20-9-8-12-4-2-3-5-15(12)19-16-7-6-14(17)10-13(16)11-18/h2-7,10,19H,8-9H2,1H3. The third-order valence-corrected chi connectivity index (χ3v) is 2.96. The SMILES string of the molecule is COCCc1ccccc1Nc1ccc(F)cc1C#N. The summed E-state index contributed by atoms with van der Waals surface area (Å²) in [4.78, 5) is 0. The predicted octanol–water partition coefficient (Wildman–Crippen LogP) is 3.63. The van der Waals surface area contributed by atoms with Crippen LogP contribution in [0.4, 0.5) is 15.8 Å². The minimum Gasteiger partial charge on any atom is -0.384 e. The molecule has 0 aliphatic rings. The zero-order chi connectivity index (χ0) is 14.4.